The van der Waals surface area contributed by atoms with Crippen molar-refractivity contribution in [1.29, 1.82) is 5.26 Å². The van der Waals surface area contributed by atoms with E-state index in [9.17, 15) is 4.79 Å². The van der Waals surface area contributed by atoms with Crippen LogP contribution in [0.2, 0.25) is 5.02 Å². The van der Waals surface area contributed by atoms with Gasteiger partial charge >= 0.3 is 5.97 Å². The molecule has 0 amide bonds. The highest BCUT2D eigenvalue weighted by Gasteiger charge is 2.18. The summed E-state index contributed by atoms with van der Waals surface area (Å²) in [4.78, 5) is 11.6. The van der Waals surface area contributed by atoms with Gasteiger partial charge in [0.05, 0.1) is 23.8 Å². The van der Waals surface area contributed by atoms with Crippen LogP contribution < -0.4 is 9.47 Å². The van der Waals surface area contributed by atoms with Crippen LogP contribution in [0.15, 0.2) is 12.1 Å². The minimum Gasteiger partial charge on any atom is -0.489 e. The lowest BCUT2D eigenvalue weighted by atomic mass is 10.2. The summed E-state index contributed by atoms with van der Waals surface area (Å²) in [5, 5.41) is 8.64. The van der Waals surface area contributed by atoms with Gasteiger partial charge in [0, 0.05) is 6.42 Å². The minimum absolute atomic E-state index is 0.236. The molecule has 5 nitrogen and oxygen atoms in total. The summed E-state index contributed by atoms with van der Waals surface area (Å²) in [5.41, 5.74) is 0.236. The van der Waals surface area contributed by atoms with Crippen LogP contribution in [-0.4, -0.2) is 25.8 Å². The molecule has 18 heavy (non-hydrogen) atoms. The second kappa shape index (κ2) is 5.61. The number of benzene rings is 1. The maximum absolute atomic E-state index is 11.6. The van der Waals surface area contributed by atoms with Crippen molar-refractivity contribution < 1.29 is 19.0 Å². The van der Waals surface area contributed by atoms with E-state index >= 15 is 0 Å². The quantitative estimate of drug-likeness (QED) is 0.768. The van der Waals surface area contributed by atoms with Crippen LogP contribution in [0.1, 0.15) is 16.8 Å². The molecule has 0 bridgehead atoms. The fraction of sp³-hybridized carbons (Fsp3) is 0.333. The molecular weight excluding hydrogens is 258 g/mol. The summed E-state index contributed by atoms with van der Waals surface area (Å²) >= 11 is 6.02. The fourth-order valence-corrected chi connectivity index (χ4v) is 1.80. The number of halogens is 1. The van der Waals surface area contributed by atoms with Crippen molar-refractivity contribution in [2.75, 3.05) is 19.8 Å². The Hall–Kier alpha value is -1.93. The van der Waals surface area contributed by atoms with Gasteiger partial charge in [0.25, 0.3) is 0 Å². The lowest BCUT2D eigenvalue weighted by molar-refractivity contribution is 0.0554. The van der Waals surface area contributed by atoms with Crippen molar-refractivity contribution in [3.05, 3.63) is 22.7 Å². The molecule has 0 spiro atoms. The number of nitriles is 1. The standard InChI is InChI=1S/C12H10ClNO4/c13-9-6-8(12(15)18-5-2-14)7-10-11(9)17-4-1-3-16-10/h6-7H,1,3-5H2. The Morgan fingerprint density at radius 1 is 1.44 bits per heavy atom. The molecular formula is C12H10ClNO4. The van der Waals surface area contributed by atoms with E-state index in [1.54, 1.807) is 6.07 Å². The van der Waals surface area contributed by atoms with Crippen LogP contribution in [0.5, 0.6) is 11.5 Å². The molecule has 0 radical (unpaired) electrons. The lowest BCUT2D eigenvalue weighted by Crippen LogP contribution is -2.06. The Kier molecular flexibility index (Phi) is 3.90. The third kappa shape index (κ3) is 2.66. The number of hydrogen-bond donors (Lipinski definition) is 0. The summed E-state index contributed by atoms with van der Waals surface area (Å²) < 4.78 is 15.6. The monoisotopic (exact) mass is 267 g/mol. The average molecular weight is 268 g/mol. The van der Waals surface area contributed by atoms with Crippen LogP contribution in [-0.2, 0) is 4.74 Å². The molecule has 94 valence electrons. The molecule has 2 rings (SSSR count). The molecule has 1 aromatic rings. The Labute approximate surface area is 109 Å². The van der Waals surface area contributed by atoms with E-state index in [2.05, 4.69) is 0 Å². The van der Waals surface area contributed by atoms with Gasteiger partial charge in [0.15, 0.2) is 18.1 Å². The van der Waals surface area contributed by atoms with E-state index in [0.29, 0.717) is 29.7 Å². The summed E-state index contributed by atoms with van der Waals surface area (Å²) in [7, 11) is 0. The SMILES string of the molecule is N#CCOC(=O)c1cc(Cl)c2c(c1)OCCCO2. The summed E-state index contributed by atoms with van der Waals surface area (Å²) in [5.74, 6) is 0.240. The number of esters is 1. The topological polar surface area (TPSA) is 68.5 Å². The van der Waals surface area contributed by atoms with Gasteiger partial charge in [0.2, 0.25) is 0 Å². The van der Waals surface area contributed by atoms with Gasteiger partial charge in [-0.3, -0.25) is 0 Å². The van der Waals surface area contributed by atoms with E-state index in [1.807, 2.05) is 0 Å². The van der Waals surface area contributed by atoms with E-state index in [1.165, 1.54) is 12.1 Å². The van der Waals surface area contributed by atoms with Gasteiger partial charge in [-0.25, -0.2) is 4.79 Å². The zero-order valence-electron chi connectivity index (χ0n) is 9.44. The molecule has 0 saturated carbocycles. The zero-order chi connectivity index (χ0) is 13.0. The summed E-state index contributed by atoms with van der Waals surface area (Å²) in [6.07, 6.45) is 0.749. The molecule has 0 saturated heterocycles. The second-order valence-electron chi connectivity index (χ2n) is 3.57. The molecule has 1 aliphatic rings. The first kappa shape index (κ1) is 12.5. The van der Waals surface area contributed by atoms with Gasteiger partial charge in [0.1, 0.15) is 6.07 Å². The third-order valence-electron chi connectivity index (χ3n) is 2.31. The molecule has 0 fully saturated rings. The number of rotatable bonds is 2. The van der Waals surface area contributed by atoms with Crippen LogP contribution >= 0.6 is 11.6 Å². The van der Waals surface area contributed by atoms with Gasteiger partial charge in [-0.2, -0.15) is 5.26 Å². The number of carbonyl (C=O) groups is 1. The van der Waals surface area contributed by atoms with Gasteiger partial charge in [-0.1, -0.05) is 11.6 Å². The number of hydrogen-bond acceptors (Lipinski definition) is 5. The summed E-state index contributed by atoms with van der Waals surface area (Å²) in [6.45, 7) is 0.718. The minimum atomic E-state index is -0.617. The maximum atomic E-state index is 11.6. The lowest BCUT2D eigenvalue weighted by Gasteiger charge is -2.10. The smallest absolute Gasteiger partial charge is 0.339 e. The van der Waals surface area contributed by atoms with Crippen LogP contribution in [0.25, 0.3) is 0 Å². The first-order chi connectivity index (χ1) is 8.72. The Morgan fingerprint density at radius 3 is 3.00 bits per heavy atom. The molecule has 0 aliphatic carbocycles. The number of ether oxygens (including phenoxy) is 3. The zero-order valence-corrected chi connectivity index (χ0v) is 10.2. The normalized spacial score (nSPS) is 13.3. The molecule has 0 aromatic heterocycles. The molecule has 1 aromatic carbocycles. The van der Waals surface area contributed by atoms with Gasteiger partial charge < -0.3 is 14.2 Å². The molecule has 1 heterocycles. The molecule has 1 aliphatic heterocycles. The Morgan fingerprint density at radius 2 is 2.22 bits per heavy atom. The Balaban J connectivity index is 2.29. The highest BCUT2D eigenvalue weighted by Crippen LogP contribution is 2.38. The van der Waals surface area contributed by atoms with Crippen LogP contribution in [0, 0.1) is 11.3 Å². The van der Waals surface area contributed by atoms with Crippen molar-refractivity contribution in [2.45, 2.75) is 6.42 Å². The molecule has 0 N–H and O–H groups in total. The van der Waals surface area contributed by atoms with E-state index in [-0.39, 0.29) is 12.2 Å². The van der Waals surface area contributed by atoms with E-state index in [0.717, 1.165) is 6.42 Å². The largest absolute Gasteiger partial charge is 0.489 e. The molecule has 6 heteroatoms. The second-order valence-corrected chi connectivity index (χ2v) is 3.98. The summed E-state index contributed by atoms with van der Waals surface area (Å²) in [6, 6.07) is 4.67. The van der Waals surface area contributed by atoms with Gasteiger partial charge in [-0.15, -0.1) is 0 Å². The van der Waals surface area contributed by atoms with Crippen molar-refractivity contribution >= 4 is 17.6 Å². The predicted molar refractivity (Wildman–Crippen MR) is 63.0 cm³/mol. The first-order valence-electron chi connectivity index (χ1n) is 5.35. The van der Waals surface area contributed by atoms with Gasteiger partial charge in [-0.05, 0) is 12.1 Å². The van der Waals surface area contributed by atoms with Crippen molar-refractivity contribution in [2.24, 2.45) is 0 Å². The number of fused-ring (bicyclic) bond motifs is 1. The highest BCUT2D eigenvalue weighted by molar-refractivity contribution is 6.32. The van der Waals surface area contributed by atoms with E-state index < -0.39 is 5.97 Å². The van der Waals surface area contributed by atoms with Crippen LogP contribution in [0.3, 0.4) is 0 Å². The third-order valence-corrected chi connectivity index (χ3v) is 2.59. The van der Waals surface area contributed by atoms with E-state index in [4.69, 9.17) is 31.1 Å². The number of nitrogens with zero attached hydrogens (tertiary/aromatic N) is 1. The van der Waals surface area contributed by atoms with Crippen molar-refractivity contribution in [1.82, 2.24) is 0 Å². The molecule has 0 atom stereocenters. The van der Waals surface area contributed by atoms with Crippen molar-refractivity contribution in [3.63, 3.8) is 0 Å². The fourth-order valence-electron chi connectivity index (χ4n) is 1.53. The average Bonchev–Trinajstić information content (AvgIpc) is 2.61. The predicted octanol–water partition coefficient (Wildman–Crippen LogP) is 2.18. The van der Waals surface area contributed by atoms with Crippen LogP contribution in [0.4, 0.5) is 0 Å². The maximum Gasteiger partial charge on any atom is 0.339 e. The first-order valence-corrected chi connectivity index (χ1v) is 5.73. The Bertz CT molecular complexity index is 510. The highest BCUT2D eigenvalue weighted by atomic mass is 35.5. The van der Waals surface area contributed by atoms with Crippen molar-refractivity contribution in [3.8, 4) is 17.6 Å². The number of carbonyl (C=O) groups excluding carboxylic acids is 1. The molecule has 0 unspecified atom stereocenters.